The largest absolute Gasteiger partial charge is 0.372 e. The number of aryl methyl sites for hydroxylation is 1. The second-order valence-electron chi connectivity index (χ2n) is 6.35. The van der Waals surface area contributed by atoms with E-state index in [0.29, 0.717) is 17.3 Å². The molecule has 0 radical (unpaired) electrons. The third-order valence-corrected chi connectivity index (χ3v) is 4.37. The molecule has 0 aliphatic rings. The average Bonchev–Trinajstić information content (AvgIpc) is 2.70. The van der Waals surface area contributed by atoms with Crippen molar-refractivity contribution in [3.63, 3.8) is 0 Å². The Morgan fingerprint density at radius 2 is 1.61 bits per heavy atom. The van der Waals surface area contributed by atoms with Crippen LogP contribution in [0, 0.1) is 6.92 Å². The number of carbonyl (C=O) groups is 1. The van der Waals surface area contributed by atoms with Crippen LogP contribution in [0.25, 0.3) is 0 Å². The van der Waals surface area contributed by atoms with E-state index in [-0.39, 0.29) is 5.91 Å². The van der Waals surface area contributed by atoms with Gasteiger partial charge in [-0.3, -0.25) is 4.79 Å². The summed E-state index contributed by atoms with van der Waals surface area (Å²) < 4.78 is 0. The highest BCUT2D eigenvalue weighted by Crippen LogP contribution is 2.21. The number of carbonyl (C=O) groups excluding carboxylic acids is 1. The number of nitrogens with one attached hydrogen (secondary N) is 2. The molecule has 0 aliphatic carbocycles. The summed E-state index contributed by atoms with van der Waals surface area (Å²) in [6.07, 6.45) is 0. The van der Waals surface area contributed by atoms with Crippen molar-refractivity contribution in [1.29, 1.82) is 0 Å². The van der Waals surface area contributed by atoms with Gasteiger partial charge >= 0.3 is 0 Å². The Kier molecular flexibility index (Phi) is 6.22. The van der Waals surface area contributed by atoms with Gasteiger partial charge in [-0.15, -0.1) is 0 Å². The lowest BCUT2D eigenvalue weighted by molar-refractivity contribution is 0.102. The first kappa shape index (κ1) is 19.4. The van der Waals surface area contributed by atoms with Crippen LogP contribution in [0.4, 0.5) is 22.9 Å². The van der Waals surface area contributed by atoms with E-state index in [0.717, 1.165) is 24.5 Å². The average molecular weight is 375 g/mol. The number of anilines is 4. The summed E-state index contributed by atoms with van der Waals surface area (Å²) in [5, 5.41) is 6.10. The SMILES string of the molecule is CCN(CC)c1ccc(Nc2cc(C(=O)Nc3ccccc3)nc(C)n2)cc1. The Balaban J connectivity index is 1.75. The van der Waals surface area contributed by atoms with E-state index in [9.17, 15) is 4.79 Å². The van der Waals surface area contributed by atoms with Crippen molar-refractivity contribution in [3.05, 3.63) is 72.2 Å². The lowest BCUT2D eigenvalue weighted by atomic mass is 10.2. The maximum absolute atomic E-state index is 12.5. The topological polar surface area (TPSA) is 70.2 Å². The monoisotopic (exact) mass is 375 g/mol. The molecular weight excluding hydrogens is 350 g/mol. The molecule has 1 heterocycles. The van der Waals surface area contributed by atoms with Crippen LogP contribution in [0.1, 0.15) is 30.2 Å². The number of hydrogen-bond acceptors (Lipinski definition) is 5. The first-order valence-electron chi connectivity index (χ1n) is 9.43. The molecule has 0 atom stereocenters. The maximum Gasteiger partial charge on any atom is 0.274 e. The molecule has 1 amide bonds. The highest BCUT2D eigenvalue weighted by Gasteiger charge is 2.11. The molecule has 3 rings (SSSR count). The first-order valence-corrected chi connectivity index (χ1v) is 9.43. The molecule has 0 saturated heterocycles. The zero-order chi connectivity index (χ0) is 19.9. The molecule has 0 fully saturated rings. The van der Waals surface area contributed by atoms with E-state index in [4.69, 9.17) is 0 Å². The van der Waals surface area contributed by atoms with E-state index >= 15 is 0 Å². The van der Waals surface area contributed by atoms with Gasteiger partial charge in [-0.25, -0.2) is 9.97 Å². The summed E-state index contributed by atoms with van der Waals surface area (Å²) in [6, 6.07) is 19.1. The number of hydrogen-bond donors (Lipinski definition) is 2. The van der Waals surface area contributed by atoms with Crippen LogP contribution in [-0.4, -0.2) is 29.0 Å². The van der Waals surface area contributed by atoms with Gasteiger partial charge in [0.05, 0.1) is 0 Å². The summed E-state index contributed by atoms with van der Waals surface area (Å²) in [5.74, 6) is 0.848. The van der Waals surface area contributed by atoms with E-state index in [1.807, 2.05) is 42.5 Å². The van der Waals surface area contributed by atoms with E-state index < -0.39 is 0 Å². The minimum absolute atomic E-state index is 0.267. The third-order valence-electron chi connectivity index (χ3n) is 4.37. The Hall–Kier alpha value is -3.41. The molecule has 0 bridgehead atoms. The van der Waals surface area contributed by atoms with E-state index in [1.165, 1.54) is 5.69 Å². The molecule has 6 heteroatoms. The molecule has 0 unspecified atom stereocenters. The van der Waals surface area contributed by atoms with Crippen molar-refractivity contribution in [2.24, 2.45) is 0 Å². The summed E-state index contributed by atoms with van der Waals surface area (Å²) in [5.41, 5.74) is 3.13. The molecule has 2 N–H and O–H groups in total. The lowest BCUT2D eigenvalue weighted by Crippen LogP contribution is -2.21. The molecule has 28 heavy (non-hydrogen) atoms. The highest BCUT2D eigenvalue weighted by molar-refractivity contribution is 6.03. The Morgan fingerprint density at radius 3 is 2.25 bits per heavy atom. The molecule has 6 nitrogen and oxygen atoms in total. The Morgan fingerprint density at radius 1 is 0.929 bits per heavy atom. The molecule has 1 aromatic heterocycles. The predicted octanol–water partition coefficient (Wildman–Crippen LogP) is 4.63. The maximum atomic E-state index is 12.5. The number of aromatic nitrogens is 2. The van der Waals surface area contributed by atoms with Crippen LogP contribution >= 0.6 is 0 Å². The minimum atomic E-state index is -0.267. The lowest BCUT2D eigenvalue weighted by Gasteiger charge is -2.21. The Labute approximate surface area is 165 Å². The van der Waals surface area contributed by atoms with E-state index in [1.54, 1.807) is 13.0 Å². The summed E-state index contributed by atoms with van der Waals surface area (Å²) in [4.78, 5) is 23.5. The number of nitrogens with zero attached hydrogens (tertiary/aromatic N) is 3. The van der Waals surface area contributed by atoms with Crippen molar-refractivity contribution in [1.82, 2.24) is 9.97 Å². The van der Waals surface area contributed by atoms with E-state index in [2.05, 4.69) is 51.5 Å². The second-order valence-corrected chi connectivity index (χ2v) is 6.35. The predicted molar refractivity (Wildman–Crippen MR) is 114 cm³/mol. The first-order chi connectivity index (χ1) is 13.6. The van der Waals surface area contributed by atoms with Gasteiger partial charge < -0.3 is 15.5 Å². The second kappa shape index (κ2) is 8.99. The summed E-state index contributed by atoms with van der Waals surface area (Å²) in [7, 11) is 0. The van der Waals surface area contributed by atoms with Crippen LogP contribution in [0.3, 0.4) is 0 Å². The molecule has 2 aromatic carbocycles. The van der Waals surface area contributed by atoms with Crippen molar-refractivity contribution in [2.45, 2.75) is 20.8 Å². The standard InChI is InChI=1S/C22H25N5O/c1-4-27(5-2)19-13-11-18(12-14-19)25-21-15-20(23-16(3)24-21)22(28)26-17-9-7-6-8-10-17/h6-15H,4-5H2,1-3H3,(H,26,28)(H,23,24,25). The van der Waals surface area contributed by atoms with Crippen LogP contribution in [0.15, 0.2) is 60.7 Å². The third kappa shape index (κ3) is 4.85. The number of rotatable bonds is 7. The normalized spacial score (nSPS) is 10.4. The van der Waals surface area contributed by atoms with Gasteiger partial charge in [0.1, 0.15) is 17.3 Å². The number of amides is 1. The van der Waals surface area contributed by atoms with Gasteiger partial charge in [-0.2, -0.15) is 0 Å². The number of benzene rings is 2. The smallest absolute Gasteiger partial charge is 0.274 e. The van der Waals surface area contributed by atoms with Crippen LogP contribution in [0.2, 0.25) is 0 Å². The van der Waals surface area contributed by atoms with Gasteiger partial charge in [0.2, 0.25) is 0 Å². The molecule has 144 valence electrons. The van der Waals surface area contributed by atoms with Gasteiger partial charge in [0, 0.05) is 36.2 Å². The fraction of sp³-hybridized carbons (Fsp3) is 0.227. The van der Waals surface area contributed by atoms with Gasteiger partial charge in [0.15, 0.2) is 0 Å². The van der Waals surface area contributed by atoms with Crippen LogP contribution in [0.5, 0.6) is 0 Å². The fourth-order valence-corrected chi connectivity index (χ4v) is 2.96. The number of para-hydroxylation sites is 1. The van der Waals surface area contributed by atoms with Gasteiger partial charge in [-0.05, 0) is 57.2 Å². The van der Waals surface area contributed by atoms with Crippen molar-refractivity contribution >= 4 is 28.8 Å². The minimum Gasteiger partial charge on any atom is -0.372 e. The quantitative estimate of drug-likeness (QED) is 0.630. The molecule has 0 saturated carbocycles. The van der Waals surface area contributed by atoms with Crippen LogP contribution < -0.4 is 15.5 Å². The molecule has 0 spiro atoms. The zero-order valence-corrected chi connectivity index (χ0v) is 16.4. The molecule has 3 aromatic rings. The van der Waals surface area contributed by atoms with Crippen molar-refractivity contribution in [3.8, 4) is 0 Å². The van der Waals surface area contributed by atoms with Crippen LogP contribution in [-0.2, 0) is 0 Å². The molecule has 0 aliphatic heterocycles. The van der Waals surface area contributed by atoms with Crippen molar-refractivity contribution < 1.29 is 4.79 Å². The summed E-state index contributed by atoms with van der Waals surface area (Å²) >= 11 is 0. The van der Waals surface area contributed by atoms with Gasteiger partial charge in [-0.1, -0.05) is 18.2 Å². The Bertz CT molecular complexity index is 921. The zero-order valence-electron chi connectivity index (χ0n) is 16.4. The summed E-state index contributed by atoms with van der Waals surface area (Å²) in [6.45, 7) is 7.99. The fourth-order valence-electron chi connectivity index (χ4n) is 2.96. The van der Waals surface area contributed by atoms with Gasteiger partial charge in [0.25, 0.3) is 5.91 Å². The highest BCUT2D eigenvalue weighted by atomic mass is 16.1. The molecular formula is C22H25N5O. The van der Waals surface area contributed by atoms with Crippen molar-refractivity contribution in [2.75, 3.05) is 28.6 Å².